The molecule has 0 amide bonds. The first-order valence-electron chi connectivity index (χ1n) is 7.11. The van der Waals surface area contributed by atoms with E-state index in [0.29, 0.717) is 12.0 Å². The fraction of sp³-hybridized carbons (Fsp3) is 0.500. The van der Waals surface area contributed by atoms with Crippen molar-refractivity contribution in [2.24, 2.45) is 0 Å². The summed E-state index contributed by atoms with van der Waals surface area (Å²) in [6.45, 7) is 0. The molecule has 5 nitrogen and oxygen atoms in total. The molecule has 2 aromatic heterocycles. The highest BCUT2D eigenvalue weighted by Crippen LogP contribution is 2.46. The maximum absolute atomic E-state index is 4.44. The van der Waals surface area contributed by atoms with E-state index in [1.54, 1.807) is 11.8 Å². The first-order chi connectivity index (χ1) is 9.85. The SMILES string of the molecule is CNc1cc(Sc2nnc(C3CC3)n2C2CC2)ccn1. The number of hydrogen-bond donors (Lipinski definition) is 1. The molecule has 4 rings (SSSR count). The number of pyridine rings is 1. The van der Waals surface area contributed by atoms with Gasteiger partial charge in [0.2, 0.25) is 0 Å². The molecular weight excluding hydrogens is 270 g/mol. The van der Waals surface area contributed by atoms with Crippen molar-refractivity contribution >= 4 is 17.6 Å². The molecule has 0 atom stereocenters. The Balaban J connectivity index is 1.64. The van der Waals surface area contributed by atoms with Gasteiger partial charge in [0, 0.05) is 30.1 Å². The summed E-state index contributed by atoms with van der Waals surface area (Å²) >= 11 is 1.69. The second-order valence-corrected chi connectivity index (χ2v) is 6.49. The van der Waals surface area contributed by atoms with Gasteiger partial charge in [-0.2, -0.15) is 0 Å². The fourth-order valence-electron chi connectivity index (χ4n) is 2.37. The number of nitrogens with one attached hydrogen (secondary N) is 1. The number of aromatic nitrogens is 4. The molecule has 0 unspecified atom stereocenters. The van der Waals surface area contributed by atoms with Crippen molar-refractivity contribution < 1.29 is 0 Å². The van der Waals surface area contributed by atoms with Gasteiger partial charge >= 0.3 is 0 Å². The van der Waals surface area contributed by atoms with E-state index in [1.165, 1.54) is 31.5 Å². The van der Waals surface area contributed by atoms with Gasteiger partial charge in [0.1, 0.15) is 11.6 Å². The minimum Gasteiger partial charge on any atom is -0.373 e. The Labute approximate surface area is 122 Å². The van der Waals surface area contributed by atoms with Gasteiger partial charge in [0.15, 0.2) is 5.16 Å². The molecule has 2 aliphatic rings. The molecule has 0 radical (unpaired) electrons. The van der Waals surface area contributed by atoms with E-state index in [1.807, 2.05) is 25.4 Å². The van der Waals surface area contributed by atoms with Crippen LogP contribution >= 0.6 is 11.8 Å². The van der Waals surface area contributed by atoms with Crippen LogP contribution in [0.4, 0.5) is 5.82 Å². The van der Waals surface area contributed by atoms with Gasteiger partial charge in [-0.1, -0.05) is 0 Å². The molecule has 0 aromatic carbocycles. The Morgan fingerprint density at radius 1 is 1.25 bits per heavy atom. The topological polar surface area (TPSA) is 55.6 Å². The zero-order valence-electron chi connectivity index (χ0n) is 11.4. The molecule has 2 heterocycles. The molecule has 2 aromatic rings. The molecule has 2 fully saturated rings. The van der Waals surface area contributed by atoms with Crippen molar-refractivity contribution in [3.8, 4) is 0 Å². The molecule has 2 saturated carbocycles. The monoisotopic (exact) mass is 287 g/mol. The summed E-state index contributed by atoms with van der Waals surface area (Å²) in [6.07, 6.45) is 6.91. The normalized spacial score (nSPS) is 18.2. The molecule has 6 heteroatoms. The lowest BCUT2D eigenvalue weighted by atomic mass is 10.4. The van der Waals surface area contributed by atoms with Crippen LogP contribution in [-0.2, 0) is 0 Å². The molecule has 0 aliphatic heterocycles. The summed E-state index contributed by atoms with van der Waals surface area (Å²) in [5, 5.41) is 13.0. The van der Waals surface area contributed by atoms with Gasteiger partial charge in [-0.25, -0.2) is 4.98 Å². The second kappa shape index (κ2) is 4.77. The van der Waals surface area contributed by atoms with E-state index >= 15 is 0 Å². The Bertz CT molecular complexity index is 630. The van der Waals surface area contributed by atoms with Gasteiger partial charge in [-0.3, -0.25) is 0 Å². The Hall–Kier alpha value is -1.56. The van der Waals surface area contributed by atoms with E-state index in [9.17, 15) is 0 Å². The van der Waals surface area contributed by atoms with Gasteiger partial charge in [0.25, 0.3) is 0 Å². The van der Waals surface area contributed by atoms with Crippen LogP contribution in [0.25, 0.3) is 0 Å². The second-order valence-electron chi connectivity index (χ2n) is 5.45. The summed E-state index contributed by atoms with van der Waals surface area (Å²) in [6, 6.07) is 4.70. The minimum atomic E-state index is 0.633. The summed E-state index contributed by atoms with van der Waals surface area (Å²) in [5.74, 6) is 2.75. The molecule has 104 valence electrons. The quantitative estimate of drug-likeness (QED) is 0.916. The third-order valence-electron chi connectivity index (χ3n) is 3.74. The van der Waals surface area contributed by atoms with E-state index in [0.717, 1.165) is 15.9 Å². The summed E-state index contributed by atoms with van der Waals surface area (Å²) in [7, 11) is 1.88. The maximum Gasteiger partial charge on any atom is 0.196 e. The van der Waals surface area contributed by atoms with Crippen molar-refractivity contribution in [1.82, 2.24) is 19.7 Å². The molecule has 0 bridgehead atoms. The summed E-state index contributed by atoms with van der Waals surface area (Å²) in [4.78, 5) is 5.40. The highest BCUT2D eigenvalue weighted by Gasteiger charge is 2.36. The lowest BCUT2D eigenvalue weighted by Gasteiger charge is -2.08. The van der Waals surface area contributed by atoms with Gasteiger partial charge in [0.05, 0.1) is 0 Å². The van der Waals surface area contributed by atoms with Crippen molar-refractivity contribution in [3.05, 3.63) is 24.2 Å². The van der Waals surface area contributed by atoms with Crippen LogP contribution in [0.1, 0.15) is 43.5 Å². The van der Waals surface area contributed by atoms with Gasteiger partial charge < -0.3 is 9.88 Å². The lowest BCUT2D eigenvalue weighted by molar-refractivity contribution is 0.627. The fourth-order valence-corrected chi connectivity index (χ4v) is 3.30. The average molecular weight is 287 g/mol. The summed E-state index contributed by atoms with van der Waals surface area (Å²) < 4.78 is 2.38. The predicted octanol–water partition coefficient (Wildman–Crippen LogP) is 3.08. The number of anilines is 1. The third kappa shape index (κ3) is 2.28. The molecule has 1 N–H and O–H groups in total. The van der Waals surface area contributed by atoms with Crippen LogP contribution in [0.2, 0.25) is 0 Å². The van der Waals surface area contributed by atoms with Gasteiger partial charge in [-0.15, -0.1) is 10.2 Å². The molecule has 2 aliphatic carbocycles. The van der Waals surface area contributed by atoms with Crippen LogP contribution in [0.15, 0.2) is 28.4 Å². The van der Waals surface area contributed by atoms with Crippen LogP contribution in [0.3, 0.4) is 0 Å². The van der Waals surface area contributed by atoms with E-state index in [2.05, 4.69) is 25.1 Å². The Morgan fingerprint density at radius 3 is 2.80 bits per heavy atom. The smallest absolute Gasteiger partial charge is 0.196 e. The molecular formula is C14H17N5S. The minimum absolute atomic E-state index is 0.633. The zero-order chi connectivity index (χ0) is 13.5. The molecule has 0 saturated heterocycles. The highest BCUT2D eigenvalue weighted by molar-refractivity contribution is 7.99. The van der Waals surface area contributed by atoms with Crippen LogP contribution in [-0.4, -0.2) is 26.8 Å². The summed E-state index contributed by atoms with van der Waals surface area (Å²) in [5.41, 5.74) is 0. The van der Waals surface area contributed by atoms with E-state index in [4.69, 9.17) is 0 Å². The third-order valence-corrected chi connectivity index (χ3v) is 4.69. The van der Waals surface area contributed by atoms with Crippen molar-refractivity contribution in [3.63, 3.8) is 0 Å². The predicted molar refractivity (Wildman–Crippen MR) is 78.2 cm³/mol. The molecule has 20 heavy (non-hydrogen) atoms. The van der Waals surface area contributed by atoms with Crippen molar-refractivity contribution in [2.75, 3.05) is 12.4 Å². The van der Waals surface area contributed by atoms with Crippen molar-refractivity contribution in [1.29, 1.82) is 0 Å². The van der Waals surface area contributed by atoms with E-state index in [-0.39, 0.29) is 0 Å². The largest absolute Gasteiger partial charge is 0.373 e. The van der Waals surface area contributed by atoms with Crippen molar-refractivity contribution in [2.45, 2.75) is 47.7 Å². The Morgan fingerprint density at radius 2 is 2.10 bits per heavy atom. The zero-order valence-corrected chi connectivity index (χ0v) is 12.2. The Kier molecular flexibility index (Phi) is 2.91. The van der Waals surface area contributed by atoms with Crippen LogP contribution in [0, 0.1) is 0 Å². The standard InChI is InChI=1S/C14H17N5S/c1-15-12-8-11(6-7-16-12)20-14-18-17-13(9-2-3-9)19(14)10-4-5-10/h6-10H,2-5H2,1H3,(H,15,16). The number of rotatable bonds is 5. The molecule has 0 spiro atoms. The van der Waals surface area contributed by atoms with Crippen LogP contribution < -0.4 is 5.32 Å². The number of hydrogen-bond acceptors (Lipinski definition) is 5. The van der Waals surface area contributed by atoms with E-state index < -0.39 is 0 Å². The lowest BCUT2D eigenvalue weighted by Crippen LogP contribution is -2.01. The first-order valence-corrected chi connectivity index (χ1v) is 7.93. The maximum atomic E-state index is 4.44. The first kappa shape index (κ1) is 12.2. The van der Waals surface area contributed by atoms with Crippen LogP contribution in [0.5, 0.6) is 0 Å². The average Bonchev–Trinajstić information content (AvgIpc) is 3.38. The number of nitrogens with zero attached hydrogens (tertiary/aromatic N) is 4. The van der Waals surface area contributed by atoms with Gasteiger partial charge in [-0.05, 0) is 49.6 Å². The highest BCUT2D eigenvalue weighted by atomic mass is 32.2.